The van der Waals surface area contributed by atoms with Crippen molar-refractivity contribution in [2.24, 2.45) is 11.7 Å². The van der Waals surface area contributed by atoms with Crippen LogP contribution in [-0.2, 0) is 6.18 Å². The van der Waals surface area contributed by atoms with Crippen molar-refractivity contribution in [1.82, 2.24) is 0 Å². The van der Waals surface area contributed by atoms with E-state index in [4.69, 9.17) is 5.73 Å². The van der Waals surface area contributed by atoms with Gasteiger partial charge in [0.1, 0.15) is 0 Å². The fourth-order valence-electron chi connectivity index (χ4n) is 2.23. The third kappa shape index (κ3) is 2.07. The highest BCUT2D eigenvalue weighted by Crippen LogP contribution is 2.51. The van der Waals surface area contributed by atoms with Gasteiger partial charge in [-0.15, -0.1) is 0 Å². The van der Waals surface area contributed by atoms with Crippen LogP contribution in [0.3, 0.4) is 0 Å². The fourth-order valence-corrected chi connectivity index (χ4v) is 2.23. The normalized spacial score (nSPS) is 26.6. The number of alkyl halides is 3. The first-order valence-electron chi connectivity index (χ1n) is 5.33. The molecule has 1 saturated carbocycles. The quantitative estimate of drug-likeness (QED) is 0.828. The summed E-state index contributed by atoms with van der Waals surface area (Å²) in [5.74, 6) is 0.182. The van der Waals surface area contributed by atoms with E-state index in [0.29, 0.717) is 5.56 Å². The molecule has 88 valence electrons. The van der Waals surface area contributed by atoms with Crippen molar-refractivity contribution in [1.29, 1.82) is 0 Å². The first-order valence-corrected chi connectivity index (χ1v) is 5.33. The summed E-state index contributed by atoms with van der Waals surface area (Å²) < 4.78 is 38.2. The van der Waals surface area contributed by atoms with E-state index in [9.17, 15) is 13.2 Å². The summed E-state index contributed by atoms with van der Waals surface area (Å²) in [5.41, 5.74) is 5.59. The number of hydrogen-bond acceptors (Lipinski definition) is 1. The molecule has 0 spiro atoms. The largest absolute Gasteiger partial charge is 0.416 e. The number of benzene rings is 1. The van der Waals surface area contributed by atoms with Crippen molar-refractivity contribution in [3.05, 3.63) is 35.4 Å². The molecule has 0 amide bonds. The minimum atomic E-state index is -4.26. The van der Waals surface area contributed by atoms with Crippen LogP contribution < -0.4 is 5.73 Å². The molecule has 0 radical (unpaired) electrons. The van der Waals surface area contributed by atoms with Gasteiger partial charge in [-0.1, -0.05) is 18.2 Å². The first-order chi connectivity index (χ1) is 7.41. The molecule has 1 fully saturated rings. The molecule has 1 aliphatic rings. The van der Waals surface area contributed by atoms with Gasteiger partial charge < -0.3 is 5.73 Å². The molecule has 0 bridgehead atoms. The fraction of sp³-hybridized carbons (Fsp3) is 0.500. The zero-order valence-corrected chi connectivity index (χ0v) is 8.96. The van der Waals surface area contributed by atoms with Crippen LogP contribution in [0.25, 0.3) is 0 Å². The van der Waals surface area contributed by atoms with Crippen LogP contribution in [0.5, 0.6) is 0 Å². The van der Waals surface area contributed by atoms with E-state index in [-0.39, 0.29) is 17.9 Å². The lowest BCUT2D eigenvalue weighted by Gasteiger charge is -2.13. The van der Waals surface area contributed by atoms with E-state index in [1.807, 2.05) is 6.92 Å². The molecule has 1 nitrogen and oxygen atoms in total. The Balaban J connectivity index is 2.29. The monoisotopic (exact) mass is 229 g/mol. The van der Waals surface area contributed by atoms with E-state index in [2.05, 4.69) is 0 Å². The van der Waals surface area contributed by atoms with Crippen LogP contribution in [0.2, 0.25) is 0 Å². The van der Waals surface area contributed by atoms with E-state index in [1.165, 1.54) is 6.07 Å². The van der Waals surface area contributed by atoms with Crippen LogP contribution >= 0.6 is 0 Å². The van der Waals surface area contributed by atoms with Gasteiger partial charge in [-0.25, -0.2) is 0 Å². The average Bonchev–Trinajstić information content (AvgIpc) is 2.95. The van der Waals surface area contributed by atoms with Gasteiger partial charge in [0.2, 0.25) is 0 Å². The van der Waals surface area contributed by atoms with E-state index >= 15 is 0 Å². The molecule has 2 rings (SSSR count). The maximum atomic E-state index is 12.7. The van der Waals surface area contributed by atoms with Crippen LogP contribution in [-0.4, -0.2) is 6.04 Å². The average molecular weight is 229 g/mol. The zero-order chi connectivity index (χ0) is 11.9. The molecule has 3 atom stereocenters. The third-order valence-corrected chi connectivity index (χ3v) is 3.18. The molecule has 0 unspecified atom stereocenters. The molecular weight excluding hydrogens is 215 g/mol. The molecular formula is C12H14F3N. The summed E-state index contributed by atoms with van der Waals surface area (Å²) in [6.45, 7) is 1.85. The Morgan fingerprint density at radius 2 is 1.94 bits per heavy atom. The molecule has 0 saturated heterocycles. The highest BCUT2D eigenvalue weighted by molar-refractivity contribution is 5.36. The Bertz CT molecular complexity index is 384. The van der Waals surface area contributed by atoms with Gasteiger partial charge in [-0.3, -0.25) is 0 Å². The van der Waals surface area contributed by atoms with Crippen LogP contribution in [0.4, 0.5) is 13.2 Å². The third-order valence-electron chi connectivity index (χ3n) is 3.18. The van der Waals surface area contributed by atoms with E-state index in [1.54, 1.807) is 12.1 Å². The summed E-state index contributed by atoms with van der Waals surface area (Å²) in [4.78, 5) is 0. The number of halogens is 3. The second-order valence-corrected chi connectivity index (χ2v) is 4.45. The van der Waals surface area contributed by atoms with Crippen molar-refractivity contribution in [2.75, 3.05) is 0 Å². The summed E-state index contributed by atoms with van der Waals surface area (Å²) >= 11 is 0. The maximum Gasteiger partial charge on any atom is 0.416 e. The van der Waals surface area contributed by atoms with Gasteiger partial charge >= 0.3 is 6.18 Å². The lowest BCUT2D eigenvalue weighted by atomic mass is 10.0. The SMILES string of the molecule is C[C@H](N)[C@@H]1C[C@H]1c1ccccc1C(F)(F)F. The number of hydrogen-bond donors (Lipinski definition) is 1. The van der Waals surface area contributed by atoms with Crippen molar-refractivity contribution >= 4 is 0 Å². The first kappa shape index (κ1) is 11.5. The smallest absolute Gasteiger partial charge is 0.328 e. The number of nitrogens with two attached hydrogens (primary N) is 1. The minimum Gasteiger partial charge on any atom is -0.328 e. The zero-order valence-electron chi connectivity index (χ0n) is 8.96. The molecule has 16 heavy (non-hydrogen) atoms. The van der Waals surface area contributed by atoms with Gasteiger partial charge in [0.15, 0.2) is 0 Å². The van der Waals surface area contributed by atoms with Crippen LogP contribution in [0, 0.1) is 5.92 Å². The molecule has 0 heterocycles. The Labute approximate surface area is 92.5 Å². The lowest BCUT2D eigenvalue weighted by Crippen LogP contribution is -2.18. The molecule has 0 aliphatic heterocycles. The number of rotatable bonds is 2. The summed E-state index contributed by atoms with van der Waals surface area (Å²) in [6, 6.07) is 5.75. The summed E-state index contributed by atoms with van der Waals surface area (Å²) in [6.07, 6.45) is -3.49. The van der Waals surface area contributed by atoms with Gasteiger partial charge in [0.25, 0.3) is 0 Å². The predicted octanol–water partition coefficient (Wildman–Crippen LogP) is 3.16. The highest BCUT2D eigenvalue weighted by Gasteiger charge is 2.45. The molecule has 2 N–H and O–H groups in total. The summed E-state index contributed by atoms with van der Waals surface area (Å²) in [5, 5.41) is 0. The van der Waals surface area contributed by atoms with E-state index in [0.717, 1.165) is 12.5 Å². The predicted molar refractivity (Wildman–Crippen MR) is 55.9 cm³/mol. The Kier molecular flexibility index (Phi) is 2.70. The van der Waals surface area contributed by atoms with Crippen molar-refractivity contribution in [2.45, 2.75) is 31.5 Å². The van der Waals surface area contributed by atoms with Crippen molar-refractivity contribution in [3.63, 3.8) is 0 Å². The van der Waals surface area contributed by atoms with Crippen molar-refractivity contribution < 1.29 is 13.2 Å². The van der Waals surface area contributed by atoms with Gasteiger partial charge in [0, 0.05) is 6.04 Å². The van der Waals surface area contributed by atoms with Gasteiger partial charge in [-0.05, 0) is 36.8 Å². The molecule has 0 aromatic heterocycles. The molecule has 1 aromatic rings. The standard InChI is InChI=1S/C12H14F3N/c1-7(16)9-6-10(9)8-4-2-3-5-11(8)12(13,14)15/h2-5,7,9-10H,6,16H2,1H3/t7-,9-,10-/m0/s1. The molecule has 1 aromatic carbocycles. The second-order valence-electron chi connectivity index (χ2n) is 4.45. The second kappa shape index (κ2) is 3.77. The Hall–Kier alpha value is -1.03. The lowest BCUT2D eigenvalue weighted by molar-refractivity contribution is -0.138. The van der Waals surface area contributed by atoms with E-state index < -0.39 is 11.7 Å². The Morgan fingerprint density at radius 3 is 2.44 bits per heavy atom. The highest BCUT2D eigenvalue weighted by atomic mass is 19.4. The molecule has 4 heteroatoms. The van der Waals surface area contributed by atoms with Gasteiger partial charge in [0.05, 0.1) is 5.56 Å². The van der Waals surface area contributed by atoms with Crippen LogP contribution in [0.15, 0.2) is 24.3 Å². The van der Waals surface area contributed by atoms with Gasteiger partial charge in [-0.2, -0.15) is 13.2 Å². The topological polar surface area (TPSA) is 26.0 Å². The maximum absolute atomic E-state index is 12.7. The Morgan fingerprint density at radius 1 is 1.31 bits per heavy atom. The van der Waals surface area contributed by atoms with Crippen molar-refractivity contribution in [3.8, 4) is 0 Å². The minimum absolute atomic E-state index is 0.0159. The summed E-state index contributed by atoms with van der Waals surface area (Å²) in [7, 11) is 0. The molecule has 1 aliphatic carbocycles. The van der Waals surface area contributed by atoms with Crippen LogP contribution in [0.1, 0.15) is 30.4 Å².